The van der Waals surface area contributed by atoms with Crippen LogP contribution in [0.25, 0.3) is 0 Å². The van der Waals surface area contributed by atoms with E-state index in [1.165, 1.54) is 0 Å². The Labute approximate surface area is 115 Å². The van der Waals surface area contributed by atoms with Gasteiger partial charge in [-0.3, -0.25) is 4.79 Å². The van der Waals surface area contributed by atoms with Crippen LogP contribution < -0.4 is 16.8 Å². The summed E-state index contributed by atoms with van der Waals surface area (Å²) in [4.78, 5) is 22.9. The summed E-state index contributed by atoms with van der Waals surface area (Å²) in [6.45, 7) is 10.9. The molecule has 0 fully saturated rings. The highest BCUT2D eigenvalue weighted by Crippen LogP contribution is 2.19. The van der Waals surface area contributed by atoms with Gasteiger partial charge in [0.15, 0.2) is 0 Å². The van der Waals surface area contributed by atoms with Gasteiger partial charge in [0, 0.05) is 12.0 Å². The van der Waals surface area contributed by atoms with Gasteiger partial charge >= 0.3 is 6.09 Å². The monoisotopic (exact) mass is 273 g/mol. The van der Waals surface area contributed by atoms with Crippen molar-refractivity contribution in [3.63, 3.8) is 0 Å². The van der Waals surface area contributed by atoms with Crippen molar-refractivity contribution in [2.24, 2.45) is 17.4 Å². The topological polar surface area (TPSA) is 107 Å². The number of nitrogens with two attached hydrogens (primary N) is 2. The van der Waals surface area contributed by atoms with Crippen molar-refractivity contribution in [1.82, 2.24) is 5.32 Å². The quantitative estimate of drug-likeness (QED) is 0.697. The van der Waals surface area contributed by atoms with Gasteiger partial charge in [-0.05, 0) is 33.6 Å². The van der Waals surface area contributed by atoms with Crippen LogP contribution in [0.5, 0.6) is 0 Å². The Morgan fingerprint density at radius 2 is 1.68 bits per heavy atom. The maximum absolute atomic E-state index is 11.8. The minimum atomic E-state index is -0.920. The van der Waals surface area contributed by atoms with Crippen LogP contribution in [0, 0.1) is 5.92 Å². The molecule has 0 aromatic rings. The second kappa shape index (κ2) is 6.23. The number of primary amides is 1. The van der Waals surface area contributed by atoms with E-state index >= 15 is 0 Å². The lowest BCUT2D eigenvalue weighted by atomic mass is 9.82. The van der Waals surface area contributed by atoms with Gasteiger partial charge in [0.05, 0.1) is 6.04 Å². The molecule has 0 radical (unpaired) electrons. The van der Waals surface area contributed by atoms with E-state index in [4.69, 9.17) is 16.2 Å². The maximum Gasteiger partial charge on any atom is 0.407 e. The van der Waals surface area contributed by atoms with E-state index in [9.17, 15) is 9.59 Å². The first-order valence-corrected chi connectivity index (χ1v) is 6.42. The zero-order valence-corrected chi connectivity index (χ0v) is 12.7. The molecule has 0 aromatic heterocycles. The molecule has 0 rings (SSSR count). The molecule has 5 N–H and O–H groups in total. The second-order valence-corrected chi connectivity index (χ2v) is 6.52. The van der Waals surface area contributed by atoms with Gasteiger partial charge in [-0.2, -0.15) is 0 Å². The third kappa shape index (κ3) is 7.00. The maximum atomic E-state index is 11.8. The van der Waals surface area contributed by atoms with Gasteiger partial charge < -0.3 is 21.5 Å². The number of carbonyl (C=O) groups excluding carboxylic acids is 2. The lowest BCUT2D eigenvalue weighted by Crippen LogP contribution is -2.60. The molecule has 0 aromatic carbocycles. The molecular formula is C13H27N3O3. The first-order valence-electron chi connectivity index (χ1n) is 6.42. The van der Waals surface area contributed by atoms with Crippen molar-refractivity contribution in [3.8, 4) is 0 Å². The fourth-order valence-corrected chi connectivity index (χ4v) is 2.01. The summed E-state index contributed by atoms with van der Waals surface area (Å²) in [5, 5.41) is 2.72. The average Bonchev–Trinajstić information content (AvgIpc) is 2.08. The number of amides is 2. The molecule has 0 aliphatic heterocycles. The van der Waals surface area contributed by atoms with Crippen LogP contribution in [0.15, 0.2) is 0 Å². The van der Waals surface area contributed by atoms with Crippen molar-refractivity contribution in [2.75, 3.05) is 0 Å². The molecule has 0 aliphatic rings. The predicted molar refractivity (Wildman–Crippen MR) is 74.4 cm³/mol. The minimum Gasteiger partial charge on any atom is -0.444 e. The highest BCUT2D eigenvalue weighted by atomic mass is 16.6. The third-order valence-corrected chi connectivity index (χ3v) is 2.60. The van der Waals surface area contributed by atoms with E-state index in [2.05, 4.69) is 5.32 Å². The number of nitrogens with one attached hydrogen (secondary N) is 1. The van der Waals surface area contributed by atoms with E-state index in [1.54, 1.807) is 27.7 Å². The molecule has 0 saturated heterocycles. The summed E-state index contributed by atoms with van der Waals surface area (Å²) >= 11 is 0. The van der Waals surface area contributed by atoms with Crippen LogP contribution in [0.1, 0.15) is 48.0 Å². The third-order valence-electron chi connectivity index (χ3n) is 2.60. The highest BCUT2D eigenvalue weighted by Gasteiger charge is 2.36. The zero-order chi connectivity index (χ0) is 15.4. The van der Waals surface area contributed by atoms with E-state index in [0.717, 1.165) is 0 Å². The van der Waals surface area contributed by atoms with Gasteiger partial charge in [-0.25, -0.2) is 4.79 Å². The first-order chi connectivity index (χ1) is 8.35. The Kier molecular flexibility index (Phi) is 5.81. The SMILES string of the molecule is CC(C)C(NC(=O)OC(C)(C)C)C(C)(N)CC(N)=O. The summed E-state index contributed by atoms with van der Waals surface area (Å²) < 4.78 is 5.20. The fraction of sp³-hybridized carbons (Fsp3) is 0.846. The number of hydrogen-bond acceptors (Lipinski definition) is 4. The van der Waals surface area contributed by atoms with Crippen molar-refractivity contribution < 1.29 is 14.3 Å². The molecule has 0 bridgehead atoms. The molecule has 0 saturated carbocycles. The molecule has 2 atom stereocenters. The minimum absolute atomic E-state index is 0.00829. The van der Waals surface area contributed by atoms with Crippen LogP contribution in [0.2, 0.25) is 0 Å². The van der Waals surface area contributed by atoms with Crippen molar-refractivity contribution in [1.29, 1.82) is 0 Å². The van der Waals surface area contributed by atoms with Crippen molar-refractivity contribution in [2.45, 2.75) is 65.1 Å². The smallest absolute Gasteiger partial charge is 0.407 e. The lowest BCUT2D eigenvalue weighted by molar-refractivity contribution is -0.119. The molecule has 0 spiro atoms. The van der Waals surface area contributed by atoms with Crippen molar-refractivity contribution in [3.05, 3.63) is 0 Å². The van der Waals surface area contributed by atoms with Gasteiger partial charge in [0.2, 0.25) is 5.91 Å². The first kappa shape index (κ1) is 17.7. The molecule has 2 unspecified atom stereocenters. The summed E-state index contributed by atoms with van der Waals surface area (Å²) in [5.74, 6) is -0.455. The molecule has 0 heterocycles. The van der Waals surface area contributed by atoms with E-state index in [-0.39, 0.29) is 12.3 Å². The second-order valence-electron chi connectivity index (χ2n) is 6.52. The highest BCUT2D eigenvalue weighted by molar-refractivity contribution is 5.75. The van der Waals surface area contributed by atoms with Crippen molar-refractivity contribution >= 4 is 12.0 Å². The summed E-state index contributed by atoms with van der Waals surface area (Å²) in [6.07, 6.45) is -0.557. The Morgan fingerprint density at radius 3 is 2.00 bits per heavy atom. The van der Waals surface area contributed by atoms with Gasteiger partial charge in [0.1, 0.15) is 5.60 Å². The Morgan fingerprint density at radius 1 is 1.21 bits per heavy atom. The van der Waals surface area contributed by atoms with Crippen LogP contribution in [0.3, 0.4) is 0 Å². The van der Waals surface area contributed by atoms with Gasteiger partial charge in [-0.15, -0.1) is 0 Å². The molecule has 6 nitrogen and oxygen atoms in total. The van der Waals surface area contributed by atoms with Gasteiger partial charge in [0.25, 0.3) is 0 Å². The number of carbonyl (C=O) groups is 2. The van der Waals surface area contributed by atoms with Crippen LogP contribution in [0.4, 0.5) is 4.79 Å². The molecule has 2 amide bonds. The molecule has 6 heteroatoms. The lowest BCUT2D eigenvalue weighted by Gasteiger charge is -2.37. The Hall–Kier alpha value is -1.30. The molecule has 112 valence electrons. The Bertz CT molecular complexity index is 333. The summed E-state index contributed by atoms with van der Waals surface area (Å²) in [5.41, 5.74) is 9.79. The van der Waals surface area contributed by atoms with Crippen LogP contribution in [-0.4, -0.2) is 29.2 Å². The summed E-state index contributed by atoms with van der Waals surface area (Å²) in [6, 6.07) is -0.408. The van der Waals surface area contributed by atoms with Gasteiger partial charge in [-0.1, -0.05) is 13.8 Å². The van der Waals surface area contributed by atoms with Crippen LogP contribution in [-0.2, 0) is 9.53 Å². The Balaban J connectivity index is 4.84. The molecule has 19 heavy (non-hydrogen) atoms. The number of ether oxygens (including phenoxy) is 1. The standard InChI is InChI=1S/C13H27N3O3/c1-8(2)10(13(6,15)7-9(14)17)16-11(18)19-12(3,4)5/h8,10H,7,15H2,1-6H3,(H2,14,17)(H,16,18). The summed E-state index contributed by atoms with van der Waals surface area (Å²) in [7, 11) is 0. The number of hydrogen-bond donors (Lipinski definition) is 3. The largest absolute Gasteiger partial charge is 0.444 e. The van der Waals surface area contributed by atoms with Crippen LogP contribution >= 0.6 is 0 Å². The van der Waals surface area contributed by atoms with E-state index in [0.29, 0.717) is 0 Å². The van der Waals surface area contributed by atoms with E-state index < -0.39 is 29.2 Å². The fourth-order valence-electron chi connectivity index (χ4n) is 2.01. The predicted octanol–water partition coefficient (Wildman–Crippen LogP) is 1.13. The zero-order valence-electron chi connectivity index (χ0n) is 12.7. The number of rotatable bonds is 5. The normalized spacial score (nSPS) is 16.6. The molecule has 0 aliphatic carbocycles. The molecular weight excluding hydrogens is 246 g/mol. The average molecular weight is 273 g/mol. The van der Waals surface area contributed by atoms with E-state index in [1.807, 2.05) is 13.8 Å². The number of alkyl carbamates (subject to hydrolysis) is 1.